The van der Waals surface area contributed by atoms with Crippen LogP contribution in [-0.2, 0) is 0 Å². The van der Waals surface area contributed by atoms with Crippen LogP contribution in [-0.4, -0.2) is 6.54 Å². The van der Waals surface area contributed by atoms with Crippen molar-refractivity contribution < 1.29 is 13.2 Å². The van der Waals surface area contributed by atoms with Crippen molar-refractivity contribution in [3.05, 3.63) is 35.1 Å². The molecule has 82 valence electrons. The summed E-state index contributed by atoms with van der Waals surface area (Å²) in [6.07, 6.45) is -0.758. The average Bonchev–Trinajstić information content (AvgIpc) is 2.69. The van der Waals surface area contributed by atoms with Gasteiger partial charge >= 0.3 is 0 Å². The van der Waals surface area contributed by atoms with E-state index >= 15 is 0 Å². The molecule has 0 bridgehead atoms. The number of hydrogen-bond donors (Lipinski definition) is 1. The van der Waals surface area contributed by atoms with Gasteiger partial charge in [-0.3, -0.25) is 0 Å². The molecule has 15 heavy (non-hydrogen) atoms. The van der Waals surface area contributed by atoms with Crippen LogP contribution in [0.25, 0.3) is 0 Å². The topological polar surface area (TPSA) is 12.0 Å². The first-order valence-electron chi connectivity index (χ1n) is 4.99. The Morgan fingerprint density at radius 1 is 1.33 bits per heavy atom. The van der Waals surface area contributed by atoms with E-state index < -0.39 is 17.8 Å². The van der Waals surface area contributed by atoms with Crippen molar-refractivity contribution >= 4 is 0 Å². The molecule has 0 spiro atoms. The van der Waals surface area contributed by atoms with E-state index in [1.54, 1.807) is 6.07 Å². The Morgan fingerprint density at radius 2 is 2.13 bits per heavy atom. The van der Waals surface area contributed by atoms with Gasteiger partial charge in [-0.1, -0.05) is 12.1 Å². The summed E-state index contributed by atoms with van der Waals surface area (Å²) >= 11 is 0. The van der Waals surface area contributed by atoms with E-state index in [9.17, 15) is 13.2 Å². The molecular formula is C11H12F3N. The molecule has 2 rings (SSSR count). The maximum absolute atomic E-state index is 13.2. The van der Waals surface area contributed by atoms with Gasteiger partial charge in [-0.2, -0.15) is 0 Å². The SMILES string of the molecule is Fc1cc([C@@H]2CCCN2)ccc1C(F)F. The Bertz CT molecular complexity index is 346. The number of halogens is 3. The summed E-state index contributed by atoms with van der Waals surface area (Å²) in [7, 11) is 0. The summed E-state index contributed by atoms with van der Waals surface area (Å²) in [5.74, 6) is -0.809. The number of benzene rings is 1. The number of rotatable bonds is 2. The van der Waals surface area contributed by atoms with Crippen molar-refractivity contribution in [2.24, 2.45) is 0 Å². The lowest BCUT2D eigenvalue weighted by molar-refractivity contribution is 0.146. The van der Waals surface area contributed by atoms with E-state index in [1.807, 2.05) is 0 Å². The third-order valence-electron chi connectivity index (χ3n) is 2.72. The first-order chi connectivity index (χ1) is 7.18. The van der Waals surface area contributed by atoms with Gasteiger partial charge in [-0.25, -0.2) is 13.2 Å². The second kappa shape index (κ2) is 4.23. The molecule has 0 unspecified atom stereocenters. The minimum absolute atomic E-state index is 0.117. The fourth-order valence-corrected chi connectivity index (χ4v) is 1.91. The van der Waals surface area contributed by atoms with Gasteiger partial charge in [0, 0.05) is 6.04 Å². The molecule has 1 fully saturated rings. The van der Waals surface area contributed by atoms with Crippen LogP contribution in [0.15, 0.2) is 18.2 Å². The van der Waals surface area contributed by atoms with Crippen LogP contribution in [0.2, 0.25) is 0 Å². The molecule has 0 radical (unpaired) electrons. The molecule has 0 saturated carbocycles. The highest BCUT2D eigenvalue weighted by Gasteiger charge is 2.19. The molecule has 1 nitrogen and oxygen atoms in total. The average molecular weight is 215 g/mol. The highest BCUT2D eigenvalue weighted by Crippen LogP contribution is 2.28. The van der Waals surface area contributed by atoms with E-state index in [0.29, 0.717) is 0 Å². The Hall–Kier alpha value is -1.03. The minimum Gasteiger partial charge on any atom is -0.310 e. The number of hydrogen-bond acceptors (Lipinski definition) is 1. The Morgan fingerprint density at radius 3 is 2.67 bits per heavy atom. The van der Waals surface area contributed by atoms with Gasteiger partial charge in [0.05, 0.1) is 5.56 Å². The molecule has 1 saturated heterocycles. The lowest BCUT2D eigenvalue weighted by atomic mass is 10.0. The van der Waals surface area contributed by atoms with Crippen molar-refractivity contribution in [1.29, 1.82) is 0 Å². The quantitative estimate of drug-likeness (QED) is 0.798. The van der Waals surface area contributed by atoms with Gasteiger partial charge in [0.25, 0.3) is 6.43 Å². The molecule has 0 aliphatic carbocycles. The molecule has 1 heterocycles. The monoisotopic (exact) mass is 215 g/mol. The molecule has 0 amide bonds. The molecule has 1 aromatic carbocycles. The smallest absolute Gasteiger partial charge is 0.266 e. The molecule has 4 heteroatoms. The first-order valence-corrected chi connectivity index (χ1v) is 4.99. The zero-order valence-corrected chi connectivity index (χ0v) is 8.14. The van der Waals surface area contributed by atoms with Crippen LogP contribution < -0.4 is 5.32 Å². The van der Waals surface area contributed by atoms with Crippen LogP contribution in [0.1, 0.15) is 36.4 Å². The van der Waals surface area contributed by atoms with E-state index in [4.69, 9.17) is 0 Å². The van der Waals surface area contributed by atoms with Crippen molar-refractivity contribution in [3.63, 3.8) is 0 Å². The zero-order chi connectivity index (χ0) is 10.8. The molecule has 1 aliphatic heterocycles. The molecule has 0 aromatic heterocycles. The molecule has 1 aromatic rings. The summed E-state index contributed by atoms with van der Waals surface area (Å²) in [4.78, 5) is 0. The normalized spacial score (nSPS) is 21.2. The van der Waals surface area contributed by atoms with Crippen LogP contribution in [0.4, 0.5) is 13.2 Å². The highest BCUT2D eigenvalue weighted by atomic mass is 19.3. The number of nitrogens with one attached hydrogen (secondary N) is 1. The predicted molar refractivity (Wildman–Crippen MR) is 51.3 cm³/mol. The van der Waals surface area contributed by atoms with Crippen molar-refractivity contribution in [2.75, 3.05) is 6.54 Å². The van der Waals surface area contributed by atoms with Crippen molar-refractivity contribution in [2.45, 2.75) is 25.3 Å². The Labute approximate surface area is 86.3 Å². The summed E-state index contributed by atoms with van der Waals surface area (Å²) in [5, 5.41) is 3.19. The summed E-state index contributed by atoms with van der Waals surface area (Å²) in [6, 6.07) is 4.08. The van der Waals surface area contributed by atoms with Gasteiger partial charge in [-0.05, 0) is 31.0 Å². The lowest BCUT2D eigenvalue weighted by Gasteiger charge is -2.11. The second-order valence-corrected chi connectivity index (χ2v) is 3.73. The predicted octanol–water partition coefficient (Wildman–Crippen LogP) is 3.19. The second-order valence-electron chi connectivity index (χ2n) is 3.73. The standard InChI is InChI=1S/C11H12F3N/c12-9-6-7(10-2-1-5-15-10)3-4-8(9)11(13)14/h3-4,6,10-11,15H,1-2,5H2/t10-/m0/s1. The zero-order valence-electron chi connectivity index (χ0n) is 8.14. The molecular weight excluding hydrogens is 203 g/mol. The van der Waals surface area contributed by atoms with Crippen LogP contribution >= 0.6 is 0 Å². The van der Waals surface area contributed by atoms with Crippen LogP contribution in [0, 0.1) is 5.82 Å². The lowest BCUT2D eigenvalue weighted by Crippen LogP contribution is -2.13. The van der Waals surface area contributed by atoms with Gasteiger partial charge < -0.3 is 5.32 Å². The first kappa shape index (κ1) is 10.5. The van der Waals surface area contributed by atoms with E-state index in [0.717, 1.165) is 24.9 Å². The van der Waals surface area contributed by atoms with Gasteiger partial charge in [0.15, 0.2) is 0 Å². The fraction of sp³-hybridized carbons (Fsp3) is 0.455. The molecule has 1 atom stereocenters. The number of alkyl halides is 2. The molecule has 1 N–H and O–H groups in total. The van der Waals surface area contributed by atoms with E-state index in [1.165, 1.54) is 12.1 Å². The molecule has 1 aliphatic rings. The summed E-state index contributed by atoms with van der Waals surface area (Å²) in [6.45, 7) is 0.906. The van der Waals surface area contributed by atoms with Gasteiger partial charge in [0.1, 0.15) is 5.82 Å². The van der Waals surface area contributed by atoms with Crippen molar-refractivity contribution in [3.8, 4) is 0 Å². The third-order valence-corrected chi connectivity index (χ3v) is 2.72. The Kier molecular flexibility index (Phi) is 2.95. The maximum Gasteiger partial charge on any atom is 0.266 e. The summed E-state index contributed by atoms with van der Waals surface area (Å²) in [5.41, 5.74) is 0.242. The van der Waals surface area contributed by atoms with Gasteiger partial charge in [0.2, 0.25) is 0 Å². The van der Waals surface area contributed by atoms with E-state index in [2.05, 4.69) is 5.32 Å². The fourth-order valence-electron chi connectivity index (χ4n) is 1.91. The Balaban J connectivity index is 2.24. The highest BCUT2D eigenvalue weighted by molar-refractivity contribution is 5.27. The minimum atomic E-state index is -2.74. The van der Waals surface area contributed by atoms with Crippen LogP contribution in [0.3, 0.4) is 0 Å². The van der Waals surface area contributed by atoms with Crippen LogP contribution in [0.5, 0.6) is 0 Å². The van der Waals surface area contributed by atoms with E-state index in [-0.39, 0.29) is 6.04 Å². The maximum atomic E-state index is 13.2. The van der Waals surface area contributed by atoms with Crippen molar-refractivity contribution in [1.82, 2.24) is 5.32 Å². The van der Waals surface area contributed by atoms with Gasteiger partial charge in [-0.15, -0.1) is 0 Å². The largest absolute Gasteiger partial charge is 0.310 e. The summed E-state index contributed by atoms with van der Waals surface area (Å²) < 4.78 is 37.8. The third kappa shape index (κ3) is 2.15.